The molecule has 3 atom stereocenters. The molecule has 0 saturated carbocycles. The van der Waals surface area contributed by atoms with Crippen LogP contribution in [0.4, 0.5) is 0 Å². The van der Waals surface area contributed by atoms with Gasteiger partial charge < -0.3 is 29.9 Å². The molecule has 0 radical (unpaired) electrons. The predicted molar refractivity (Wildman–Crippen MR) is 75.3 cm³/mol. The van der Waals surface area contributed by atoms with E-state index in [0.717, 1.165) is 13.8 Å². The first-order valence-electron chi connectivity index (χ1n) is 7.29. The van der Waals surface area contributed by atoms with Crippen LogP contribution in [-0.2, 0) is 19.1 Å². The van der Waals surface area contributed by atoms with Crippen molar-refractivity contribution in [3.05, 3.63) is 0 Å². The topological polar surface area (TPSA) is 134 Å². The van der Waals surface area contributed by atoms with E-state index >= 15 is 0 Å². The first-order valence-corrected chi connectivity index (χ1v) is 7.29. The van der Waals surface area contributed by atoms with Crippen molar-refractivity contribution in [3.8, 4) is 0 Å². The number of unbranched alkanes of at least 4 members (excludes halogenated alkanes) is 2. The Labute approximate surface area is 129 Å². The lowest BCUT2D eigenvalue weighted by Gasteiger charge is -2.28. The van der Waals surface area contributed by atoms with E-state index in [0.29, 0.717) is 25.7 Å². The normalized spacial score (nSPS) is 18.0. The van der Waals surface area contributed by atoms with Crippen LogP contribution in [0.3, 0.4) is 0 Å². The number of rotatable bonds is 10. The zero-order valence-corrected chi connectivity index (χ0v) is 13.2. The average Bonchev–Trinajstić information content (AvgIpc) is 2.37. The van der Waals surface area contributed by atoms with Crippen molar-refractivity contribution in [2.24, 2.45) is 0 Å². The Morgan fingerprint density at radius 3 is 1.73 bits per heavy atom. The van der Waals surface area contributed by atoms with Gasteiger partial charge in [0.05, 0.1) is 12.5 Å². The maximum absolute atomic E-state index is 11.4. The predicted octanol–water partition coefficient (Wildman–Crippen LogP) is -0.188. The summed E-state index contributed by atoms with van der Waals surface area (Å²) < 4.78 is 9.22. The van der Waals surface area contributed by atoms with Gasteiger partial charge in [-0.3, -0.25) is 0 Å². The molecule has 0 bridgehead atoms. The SMILES string of the molecule is CC(O)CCCCCC(O)(OC(=O)C(C)O)OC(=O)C(C)O. The van der Waals surface area contributed by atoms with Crippen LogP contribution in [0.15, 0.2) is 0 Å². The molecule has 0 saturated heterocycles. The summed E-state index contributed by atoms with van der Waals surface area (Å²) in [6, 6.07) is 0. The van der Waals surface area contributed by atoms with E-state index in [1.165, 1.54) is 0 Å². The summed E-state index contributed by atoms with van der Waals surface area (Å²) in [7, 11) is 0. The molecule has 0 amide bonds. The molecule has 22 heavy (non-hydrogen) atoms. The molecule has 4 N–H and O–H groups in total. The Balaban J connectivity index is 4.57. The van der Waals surface area contributed by atoms with Crippen molar-refractivity contribution in [1.29, 1.82) is 0 Å². The summed E-state index contributed by atoms with van der Waals surface area (Å²) in [5.41, 5.74) is 0. The first-order chi connectivity index (χ1) is 10.1. The highest BCUT2D eigenvalue weighted by Crippen LogP contribution is 2.21. The van der Waals surface area contributed by atoms with Crippen molar-refractivity contribution in [2.45, 2.75) is 77.2 Å². The molecule has 3 unspecified atom stereocenters. The van der Waals surface area contributed by atoms with Crippen LogP contribution < -0.4 is 0 Å². The van der Waals surface area contributed by atoms with Crippen LogP contribution in [0.2, 0.25) is 0 Å². The molecule has 0 aromatic heterocycles. The van der Waals surface area contributed by atoms with E-state index in [-0.39, 0.29) is 6.42 Å². The van der Waals surface area contributed by atoms with Gasteiger partial charge in [0.15, 0.2) is 0 Å². The van der Waals surface area contributed by atoms with E-state index in [2.05, 4.69) is 9.47 Å². The highest BCUT2D eigenvalue weighted by molar-refractivity contribution is 5.76. The van der Waals surface area contributed by atoms with Crippen LogP contribution >= 0.6 is 0 Å². The molecule has 0 aliphatic heterocycles. The van der Waals surface area contributed by atoms with Crippen molar-refractivity contribution in [3.63, 3.8) is 0 Å². The van der Waals surface area contributed by atoms with Gasteiger partial charge in [0.1, 0.15) is 12.2 Å². The maximum Gasteiger partial charge on any atom is 0.373 e. The van der Waals surface area contributed by atoms with Gasteiger partial charge in [0, 0.05) is 0 Å². The van der Waals surface area contributed by atoms with Gasteiger partial charge in [-0.2, -0.15) is 0 Å². The number of hydrogen-bond donors (Lipinski definition) is 4. The first kappa shape index (κ1) is 20.8. The van der Waals surface area contributed by atoms with Crippen molar-refractivity contribution < 1.29 is 39.5 Å². The molecular weight excluding hydrogens is 296 g/mol. The average molecular weight is 322 g/mol. The number of ether oxygens (including phenoxy) is 2. The number of aliphatic hydroxyl groups excluding tert-OH is 3. The summed E-state index contributed by atoms with van der Waals surface area (Å²) in [5, 5.41) is 37.4. The van der Waals surface area contributed by atoms with Crippen molar-refractivity contribution in [2.75, 3.05) is 0 Å². The zero-order chi connectivity index (χ0) is 17.3. The summed E-state index contributed by atoms with van der Waals surface area (Å²) >= 11 is 0. The molecule has 0 aliphatic carbocycles. The molecule has 0 heterocycles. The van der Waals surface area contributed by atoms with Gasteiger partial charge in [-0.1, -0.05) is 12.8 Å². The van der Waals surface area contributed by atoms with Crippen molar-refractivity contribution >= 4 is 11.9 Å². The fourth-order valence-corrected chi connectivity index (χ4v) is 1.57. The van der Waals surface area contributed by atoms with E-state index in [9.17, 15) is 14.7 Å². The second-order valence-electron chi connectivity index (χ2n) is 5.36. The Morgan fingerprint density at radius 2 is 1.36 bits per heavy atom. The Kier molecular flexibility index (Phi) is 9.19. The molecule has 8 nitrogen and oxygen atoms in total. The summed E-state index contributed by atoms with van der Waals surface area (Å²) in [5.74, 6) is -4.83. The molecule has 130 valence electrons. The standard InChI is InChI=1S/C14H26O8/c1-9(15)7-5-4-6-8-14(20,21-12(18)10(2)16)22-13(19)11(3)17/h9-11,15-17,20H,4-8H2,1-3H3. The smallest absolute Gasteiger partial charge is 0.373 e. The van der Waals surface area contributed by atoms with Crippen LogP contribution in [0, 0.1) is 0 Å². The minimum absolute atomic E-state index is 0.205. The molecule has 0 fully saturated rings. The van der Waals surface area contributed by atoms with Gasteiger partial charge in [0.25, 0.3) is 0 Å². The Hall–Kier alpha value is -1.22. The van der Waals surface area contributed by atoms with Crippen molar-refractivity contribution in [1.82, 2.24) is 0 Å². The second-order valence-corrected chi connectivity index (χ2v) is 5.36. The van der Waals surface area contributed by atoms with E-state index in [1.807, 2.05) is 0 Å². The van der Waals surface area contributed by atoms with Gasteiger partial charge in [-0.05, 0) is 33.6 Å². The zero-order valence-electron chi connectivity index (χ0n) is 13.2. The van der Waals surface area contributed by atoms with Crippen LogP contribution in [-0.4, -0.2) is 56.6 Å². The number of carbonyl (C=O) groups excluding carboxylic acids is 2. The highest BCUT2D eigenvalue weighted by atomic mass is 16.8. The van der Waals surface area contributed by atoms with Gasteiger partial charge in [-0.25, -0.2) is 9.59 Å². The fourth-order valence-electron chi connectivity index (χ4n) is 1.57. The van der Waals surface area contributed by atoms with Crippen LogP contribution in [0.5, 0.6) is 0 Å². The molecule has 0 rings (SSSR count). The summed E-state index contributed by atoms with van der Waals surface area (Å²) in [6.07, 6.45) is -1.40. The third-order valence-corrected chi connectivity index (χ3v) is 2.82. The lowest BCUT2D eigenvalue weighted by molar-refractivity contribution is -0.332. The lowest BCUT2D eigenvalue weighted by Crippen LogP contribution is -2.44. The van der Waals surface area contributed by atoms with Crippen LogP contribution in [0.1, 0.15) is 52.9 Å². The number of carbonyl (C=O) groups is 2. The Bertz CT molecular complexity index is 329. The molecule has 0 aromatic carbocycles. The van der Waals surface area contributed by atoms with Gasteiger partial charge in [0.2, 0.25) is 0 Å². The quantitative estimate of drug-likeness (QED) is 0.247. The maximum atomic E-state index is 11.4. The highest BCUT2D eigenvalue weighted by Gasteiger charge is 2.38. The third kappa shape index (κ3) is 8.93. The number of aliphatic hydroxyl groups is 4. The fraction of sp³-hybridized carbons (Fsp3) is 0.857. The lowest BCUT2D eigenvalue weighted by atomic mass is 10.1. The van der Waals surface area contributed by atoms with Crippen LogP contribution in [0.25, 0.3) is 0 Å². The third-order valence-electron chi connectivity index (χ3n) is 2.82. The van der Waals surface area contributed by atoms with E-state index in [4.69, 9.17) is 15.3 Å². The molecule has 0 aliphatic rings. The largest absolute Gasteiger partial charge is 0.396 e. The van der Waals surface area contributed by atoms with E-state index in [1.54, 1.807) is 6.92 Å². The second kappa shape index (κ2) is 9.73. The van der Waals surface area contributed by atoms with Gasteiger partial charge in [-0.15, -0.1) is 0 Å². The summed E-state index contributed by atoms with van der Waals surface area (Å²) in [6.45, 7) is 3.94. The Morgan fingerprint density at radius 1 is 0.909 bits per heavy atom. The minimum atomic E-state index is -2.53. The van der Waals surface area contributed by atoms with Gasteiger partial charge >= 0.3 is 17.9 Å². The number of hydrogen-bond acceptors (Lipinski definition) is 8. The molecule has 0 aromatic rings. The molecule has 8 heteroatoms. The monoisotopic (exact) mass is 322 g/mol. The summed E-state index contributed by atoms with van der Waals surface area (Å²) in [4.78, 5) is 22.7. The number of esters is 2. The minimum Gasteiger partial charge on any atom is -0.396 e. The molecular formula is C14H26O8. The van der Waals surface area contributed by atoms with E-state index < -0.39 is 36.2 Å². The molecule has 0 spiro atoms.